The Bertz CT molecular complexity index is 1170. The normalized spacial score (nSPS) is 15.3. The molecule has 1 saturated heterocycles. The van der Waals surface area contributed by atoms with Crippen LogP contribution in [0.2, 0.25) is 5.02 Å². The Balaban J connectivity index is 1.63. The second-order valence-corrected chi connectivity index (χ2v) is 8.08. The van der Waals surface area contributed by atoms with Gasteiger partial charge in [-0.05, 0) is 42.5 Å². The van der Waals surface area contributed by atoms with Crippen LogP contribution in [0, 0.1) is 10.1 Å². The summed E-state index contributed by atoms with van der Waals surface area (Å²) < 4.78 is 6.13. The van der Waals surface area contributed by atoms with Gasteiger partial charge >= 0.3 is 0 Å². The Morgan fingerprint density at radius 2 is 1.83 bits per heavy atom. The molecule has 1 aliphatic rings. The molecule has 0 radical (unpaired) electrons. The number of nitrogens with zero attached hydrogens (tertiary/aromatic N) is 2. The molecule has 1 fully saturated rings. The number of hydrogen-bond donors (Lipinski definition) is 0. The monoisotopic (exact) mass is 442 g/mol. The number of carbonyl (C=O) groups is 1. The highest BCUT2D eigenvalue weighted by Gasteiger charge is 2.33. The predicted molar refractivity (Wildman–Crippen MR) is 118 cm³/mol. The molecule has 0 unspecified atom stereocenters. The quantitative estimate of drug-likeness (QED) is 0.216. The van der Waals surface area contributed by atoms with Crippen LogP contribution in [-0.2, 0) is 4.79 Å². The van der Waals surface area contributed by atoms with E-state index in [-0.39, 0.29) is 11.6 Å². The van der Waals surface area contributed by atoms with Gasteiger partial charge in [0.15, 0.2) is 4.32 Å². The predicted octanol–water partition coefficient (Wildman–Crippen LogP) is 5.91. The highest BCUT2D eigenvalue weighted by molar-refractivity contribution is 8.27. The number of thiocarbonyl (C=S) groups is 1. The summed E-state index contributed by atoms with van der Waals surface area (Å²) in [7, 11) is 0. The molecule has 0 aliphatic carbocycles. The fourth-order valence-electron chi connectivity index (χ4n) is 2.83. The average Bonchev–Trinajstić information content (AvgIpc) is 3.27. The van der Waals surface area contributed by atoms with Gasteiger partial charge in [0.05, 0.1) is 21.1 Å². The highest BCUT2D eigenvalue weighted by atomic mass is 35.5. The van der Waals surface area contributed by atoms with Gasteiger partial charge in [-0.2, -0.15) is 0 Å². The zero-order valence-electron chi connectivity index (χ0n) is 14.6. The van der Waals surface area contributed by atoms with Crippen LogP contribution >= 0.6 is 35.6 Å². The van der Waals surface area contributed by atoms with Crippen molar-refractivity contribution in [3.63, 3.8) is 0 Å². The SMILES string of the molecule is O=C1/C(=C/c2ccc(-c3ccccc3[N+](=O)[O-])o2)SC(=S)N1c1ccc(Cl)cc1. The van der Waals surface area contributed by atoms with E-state index >= 15 is 0 Å². The van der Waals surface area contributed by atoms with Gasteiger partial charge in [0.25, 0.3) is 11.6 Å². The summed E-state index contributed by atoms with van der Waals surface area (Å²) in [5, 5.41) is 11.8. The minimum Gasteiger partial charge on any atom is -0.456 e. The van der Waals surface area contributed by atoms with Crippen LogP contribution in [0.5, 0.6) is 0 Å². The molecule has 4 rings (SSSR count). The lowest BCUT2D eigenvalue weighted by Crippen LogP contribution is -2.27. The number of nitro benzene ring substituents is 1. The van der Waals surface area contributed by atoms with Crippen molar-refractivity contribution in [3.05, 3.63) is 86.5 Å². The summed E-state index contributed by atoms with van der Waals surface area (Å²) in [6.45, 7) is 0. The summed E-state index contributed by atoms with van der Waals surface area (Å²) in [6, 6.07) is 16.4. The number of carbonyl (C=O) groups excluding carboxylic acids is 1. The van der Waals surface area contributed by atoms with Crippen LogP contribution in [0.4, 0.5) is 11.4 Å². The van der Waals surface area contributed by atoms with Crippen molar-refractivity contribution >= 4 is 63.3 Å². The Morgan fingerprint density at radius 1 is 1.10 bits per heavy atom. The maximum atomic E-state index is 12.8. The van der Waals surface area contributed by atoms with Crippen LogP contribution in [0.3, 0.4) is 0 Å². The number of nitro groups is 1. The Morgan fingerprint density at radius 3 is 2.55 bits per heavy atom. The van der Waals surface area contributed by atoms with Gasteiger partial charge in [0, 0.05) is 17.2 Å². The molecule has 0 N–H and O–H groups in total. The first-order chi connectivity index (χ1) is 13.9. The van der Waals surface area contributed by atoms with Crippen molar-refractivity contribution in [3.8, 4) is 11.3 Å². The number of halogens is 1. The van der Waals surface area contributed by atoms with E-state index in [2.05, 4.69) is 0 Å². The summed E-state index contributed by atoms with van der Waals surface area (Å²) in [5.41, 5.74) is 0.939. The molecule has 9 heteroatoms. The van der Waals surface area contributed by atoms with E-state index in [1.54, 1.807) is 60.7 Å². The molecule has 0 saturated carbocycles. The standard InChI is InChI=1S/C20H11ClN2O4S2/c21-12-5-7-13(8-6-12)22-19(24)18(29-20(22)28)11-14-9-10-17(27-14)15-3-1-2-4-16(15)23(25)26/h1-11H/b18-11-. The largest absolute Gasteiger partial charge is 0.456 e. The Kier molecular flexibility index (Phi) is 5.23. The maximum Gasteiger partial charge on any atom is 0.280 e. The van der Waals surface area contributed by atoms with Gasteiger partial charge in [-0.15, -0.1) is 0 Å². The Labute approximate surface area is 179 Å². The molecule has 1 amide bonds. The first kappa shape index (κ1) is 19.4. The molecule has 6 nitrogen and oxygen atoms in total. The average molecular weight is 443 g/mol. The lowest BCUT2D eigenvalue weighted by atomic mass is 10.1. The molecular formula is C20H11ClN2O4S2. The lowest BCUT2D eigenvalue weighted by Gasteiger charge is -2.14. The minimum absolute atomic E-state index is 0.0533. The van der Waals surface area contributed by atoms with Crippen molar-refractivity contribution in [2.45, 2.75) is 0 Å². The summed E-state index contributed by atoms with van der Waals surface area (Å²) in [6.07, 6.45) is 1.58. The van der Waals surface area contributed by atoms with E-state index in [0.29, 0.717) is 37.0 Å². The molecule has 1 aromatic heterocycles. The number of hydrogen-bond acceptors (Lipinski definition) is 6. The van der Waals surface area contributed by atoms with Crippen molar-refractivity contribution in [2.75, 3.05) is 4.90 Å². The zero-order chi connectivity index (χ0) is 20.5. The van der Waals surface area contributed by atoms with Crippen molar-refractivity contribution in [2.24, 2.45) is 0 Å². The van der Waals surface area contributed by atoms with E-state index in [1.165, 1.54) is 11.0 Å². The molecule has 29 heavy (non-hydrogen) atoms. The van der Waals surface area contributed by atoms with Crippen molar-refractivity contribution in [1.82, 2.24) is 0 Å². The second kappa shape index (κ2) is 7.82. The maximum absolute atomic E-state index is 12.8. The summed E-state index contributed by atoms with van der Waals surface area (Å²) in [5.74, 6) is 0.470. The van der Waals surface area contributed by atoms with Gasteiger partial charge in [-0.25, -0.2) is 0 Å². The molecule has 3 aromatic rings. The fraction of sp³-hybridized carbons (Fsp3) is 0. The number of para-hydroxylation sites is 1. The molecule has 0 atom stereocenters. The van der Waals surface area contributed by atoms with Crippen LogP contribution in [-0.4, -0.2) is 15.2 Å². The molecule has 2 aromatic carbocycles. The molecule has 1 aliphatic heterocycles. The number of anilines is 1. The summed E-state index contributed by atoms with van der Waals surface area (Å²) in [4.78, 5) is 25.4. The molecule has 2 heterocycles. The van der Waals surface area contributed by atoms with Crippen LogP contribution in [0.25, 0.3) is 17.4 Å². The van der Waals surface area contributed by atoms with Crippen molar-refractivity contribution < 1.29 is 14.1 Å². The van der Waals surface area contributed by atoms with E-state index in [1.807, 2.05) is 0 Å². The second-order valence-electron chi connectivity index (χ2n) is 5.97. The van der Waals surface area contributed by atoms with E-state index in [9.17, 15) is 14.9 Å². The van der Waals surface area contributed by atoms with Crippen LogP contribution < -0.4 is 4.90 Å². The highest BCUT2D eigenvalue weighted by Crippen LogP contribution is 2.37. The Hall–Kier alpha value is -2.94. The molecular weight excluding hydrogens is 432 g/mol. The van der Waals surface area contributed by atoms with Gasteiger partial charge in [0.2, 0.25) is 0 Å². The molecule has 144 valence electrons. The van der Waals surface area contributed by atoms with Crippen molar-refractivity contribution in [1.29, 1.82) is 0 Å². The number of benzene rings is 2. The van der Waals surface area contributed by atoms with Crippen LogP contribution in [0.1, 0.15) is 5.76 Å². The first-order valence-corrected chi connectivity index (χ1v) is 9.91. The smallest absolute Gasteiger partial charge is 0.280 e. The van der Waals surface area contributed by atoms with Gasteiger partial charge in [-0.1, -0.05) is 47.7 Å². The third-order valence-corrected chi connectivity index (χ3v) is 5.70. The third kappa shape index (κ3) is 3.82. The van der Waals surface area contributed by atoms with Gasteiger partial charge in [0.1, 0.15) is 11.5 Å². The first-order valence-electron chi connectivity index (χ1n) is 8.31. The zero-order valence-corrected chi connectivity index (χ0v) is 17.0. The fourth-order valence-corrected chi connectivity index (χ4v) is 4.23. The van der Waals surface area contributed by atoms with Crippen LogP contribution in [0.15, 0.2) is 70.0 Å². The minimum atomic E-state index is -0.464. The lowest BCUT2D eigenvalue weighted by molar-refractivity contribution is -0.384. The summed E-state index contributed by atoms with van der Waals surface area (Å²) >= 11 is 12.4. The third-order valence-electron chi connectivity index (χ3n) is 4.14. The number of furan rings is 1. The molecule has 0 spiro atoms. The number of rotatable bonds is 4. The number of thioether (sulfide) groups is 1. The molecule has 0 bridgehead atoms. The van der Waals surface area contributed by atoms with Gasteiger partial charge in [-0.3, -0.25) is 19.8 Å². The number of amides is 1. The van der Waals surface area contributed by atoms with E-state index < -0.39 is 4.92 Å². The van der Waals surface area contributed by atoms with Gasteiger partial charge < -0.3 is 4.42 Å². The van der Waals surface area contributed by atoms with E-state index in [0.717, 1.165) is 11.8 Å². The topological polar surface area (TPSA) is 76.6 Å². The van der Waals surface area contributed by atoms with E-state index in [4.69, 9.17) is 28.2 Å².